The molecule has 1 aromatic carbocycles. The van der Waals surface area contributed by atoms with Gasteiger partial charge in [-0.2, -0.15) is 11.3 Å². The zero-order valence-electron chi connectivity index (χ0n) is 14.9. The lowest BCUT2D eigenvalue weighted by Crippen LogP contribution is -2.50. The molecular weight excluding hydrogens is 384 g/mol. The van der Waals surface area contributed by atoms with Crippen molar-refractivity contribution in [1.29, 1.82) is 0 Å². The van der Waals surface area contributed by atoms with Crippen molar-refractivity contribution in [2.24, 2.45) is 0 Å². The molecular formula is C20H21ClN2O3S. The van der Waals surface area contributed by atoms with E-state index in [1.54, 1.807) is 21.1 Å². The molecule has 0 unspecified atom stereocenters. The molecule has 1 aliphatic rings. The van der Waals surface area contributed by atoms with Crippen LogP contribution in [0.3, 0.4) is 0 Å². The second-order valence-corrected chi connectivity index (χ2v) is 7.57. The number of phenolic OH excluding ortho intramolecular Hbond substituents is 1. The molecule has 2 aromatic rings. The van der Waals surface area contributed by atoms with Gasteiger partial charge in [0.05, 0.1) is 5.02 Å². The summed E-state index contributed by atoms with van der Waals surface area (Å²) in [6, 6.07) is 5.36. The fourth-order valence-electron chi connectivity index (χ4n) is 3.15. The molecule has 0 aliphatic carbocycles. The molecule has 5 nitrogen and oxygen atoms in total. The summed E-state index contributed by atoms with van der Waals surface area (Å²) in [6.07, 6.45) is 2.03. The Morgan fingerprint density at radius 1 is 1.22 bits per heavy atom. The Morgan fingerprint density at radius 3 is 2.56 bits per heavy atom. The van der Waals surface area contributed by atoms with Gasteiger partial charge in [-0.15, -0.1) is 0 Å². The Balaban J connectivity index is 1.62. The third-order valence-corrected chi connectivity index (χ3v) is 5.72. The number of thiophene rings is 1. The summed E-state index contributed by atoms with van der Waals surface area (Å²) in [5.41, 5.74) is 2.56. The zero-order chi connectivity index (χ0) is 19.4. The normalized spacial score (nSPS) is 14.3. The lowest BCUT2D eigenvalue weighted by molar-refractivity contribution is -0.137. The van der Waals surface area contributed by atoms with Crippen LogP contribution in [0.4, 0.5) is 0 Å². The molecule has 0 saturated carbocycles. The van der Waals surface area contributed by atoms with Crippen LogP contribution in [0.15, 0.2) is 41.6 Å². The predicted molar refractivity (Wildman–Crippen MR) is 108 cm³/mol. The Labute approximate surface area is 167 Å². The van der Waals surface area contributed by atoms with Gasteiger partial charge >= 0.3 is 0 Å². The zero-order valence-corrected chi connectivity index (χ0v) is 16.4. The fraction of sp³-hybridized carbons (Fsp3) is 0.300. The summed E-state index contributed by atoms with van der Waals surface area (Å²) in [6.45, 7) is 5.56. The highest BCUT2D eigenvalue weighted by molar-refractivity contribution is 7.08. The number of rotatable bonds is 5. The van der Waals surface area contributed by atoms with Crippen molar-refractivity contribution in [2.75, 3.05) is 26.2 Å². The first kappa shape index (κ1) is 19.5. The van der Waals surface area contributed by atoms with Gasteiger partial charge in [0, 0.05) is 38.2 Å². The molecule has 2 heterocycles. The maximum absolute atomic E-state index is 12.5. The Kier molecular flexibility index (Phi) is 6.19. The number of benzene rings is 1. The largest absolute Gasteiger partial charge is 0.508 e. The fourth-order valence-corrected chi connectivity index (χ4v) is 4.07. The van der Waals surface area contributed by atoms with Crippen LogP contribution in [-0.2, 0) is 16.0 Å². The Hall–Kier alpha value is -2.31. The number of nitrogens with zero attached hydrogens (tertiary/aromatic N) is 2. The van der Waals surface area contributed by atoms with Crippen LogP contribution in [0.1, 0.15) is 12.0 Å². The number of aryl methyl sites for hydroxylation is 1. The number of hydrogen-bond donors (Lipinski definition) is 1. The minimum atomic E-state index is -0.103. The van der Waals surface area contributed by atoms with Crippen molar-refractivity contribution in [3.63, 3.8) is 0 Å². The van der Waals surface area contributed by atoms with E-state index in [2.05, 4.69) is 6.58 Å². The van der Waals surface area contributed by atoms with Crippen molar-refractivity contribution >= 4 is 34.8 Å². The molecule has 142 valence electrons. The highest BCUT2D eigenvalue weighted by Crippen LogP contribution is 2.35. The number of carbonyl (C=O) groups is 2. The first-order valence-electron chi connectivity index (χ1n) is 8.72. The third-order valence-electron chi connectivity index (χ3n) is 4.73. The second kappa shape index (κ2) is 8.59. The van der Waals surface area contributed by atoms with Gasteiger partial charge in [0.25, 0.3) is 0 Å². The van der Waals surface area contributed by atoms with Gasteiger partial charge in [-0.3, -0.25) is 9.59 Å². The van der Waals surface area contributed by atoms with Crippen LogP contribution in [0.25, 0.3) is 11.1 Å². The number of piperazine rings is 1. The van der Waals surface area contributed by atoms with Crippen molar-refractivity contribution in [3.05, 3.63) is 52.2 Å². The SMILES string of the molecule is C=CC(=O)N1CCN(C(=O)CCc2cc(-c3ccsc3)c(Cl)cc2O)CC1. The van der Waals surface area contributed by atoms with Crippen molar-refractivity contribution in [2.45, 2.75) is 12.8 Å². The average molecular weight is 405 g/mol. The highest BCUT2D eigenvalue weighted by atomic mass is 35.5. The van der Waals surface area contributed by atoms with E-state index < -0.39 is 0 Å². The molecule has 7 heteroatoms. The number of amides is 2. The number of hydrogen-bond acceptors (Lipinski definition) is 4. The topological polar surface area (TPSA) is 60.9 Å². The van der Waals surface area contributed by atoms with E-state index in [0.717, 1.165) is 11.1 Å². The molecule has 1 aromatic heterocycles. The Morgan fingerprint density at radius 2 is 1.93 bits per heavy atom. The molecule has 1 fully saturated rings. The van der Waals surface area contributed by atoms with E-state index in [-0.39, 0.29) is 17.6 Å². The minimum Gasteiger partial charge on any atom is -0.508 e. The standard InChI is InChI=1S/C20H21ClN2O3S/c1-2-19(25)22-6-8-23(9-7-22)20(26)4-3-14-11-16(15-5-10-27-13-15)17(21)12-18(14)24/h2,5,10-13,24H,1,3-4,6-9H2. The monoisotopic (exact) mass is 404 g/mol. The van der Waals surface area contributed by atoms with Gasteiger partial charge in [0.1, 0.15) is 5.75 Å². The van der Waals surface area contributed by atoms with Gasteiger partial charge in [-0.05, 0) is 52.6 Å². The third kappa shape index (κ3) is 4.51. The summed E-state index contributed by atoms with van der Waals surface area (Å²) in [5, 5.41) is 14.7. The number of aromatic hydroxyl groups is 1. The van der Waals surface area contributed by atoms with Crippen LogP contribution >= 0.6 is 22.9 Å². The maximum Gasteiger partial charge on any atom is 0.246 e. The van der Waals surface area contributed by atoms with Crippen molar-refractivity contribution < 1.29 is 14.7 Å². The highest BCUT2D eigenvalue weighted by Gasteiger charge is 2.23. The number of phenols is 1. The summed E-state index contributed by atoms with van der Waals surface area (Å²) >= 11 is 7.84. The van der Waals surface area contributed by atoms with Gasteiger partial charge in [-0.1, -0.05) is 18.2 Å². The van der Waals surface area contributed by atoms with E-state index in [1.165, 1.54) is 12.1 Å². The molecule has 3 rings (SSSR count). The van der Waals surface area contributed by atoms with Crippen LogP contribution in [0, 0.1) is 0 Å². The molecule has 2 amide bonds. The molecule has 0 spiro atoms. The molecule has 0 bridgehead atoms. The first-order valence-corrected chi connectivity index (χ1v) is 10.0. The molecule has 1 saturated heterocycles. The van der Waals surface area contributed by atoms with Crippen molar-refractivity contribution in [1.82, 2.24) is 9.80 Å². The lowest BCUT2D eigenvalue weighted by atomic mass is 10.0. The number of carbonyl (C=O) groups excluding carboxylic acids is 2. The smallest absolute Gasteiger partial charge is 0.246 e. The number of halogens is 1. The molecule has 0 atom stereocenters. The minimum absolute atomic E-state index is 0.0205. The summed E-state index contributed by atoms with van der Waals surface area (Å²) < 4.78 is 0. The molecule has 27 heavy (non-hydrogen) atoms. The molecule has 1 aliphatic heterocycles. The molecule has 0 radical (unpaired) electrons. The Bertz CT molecular complexity index is 843. The van der Waals surface area contributed by atoms with Crippen LogP contribution in [0.2, 0.25) is 5.02 Å². The van der Waals surface area contributed by atoms with Gasteiger partial charge < -0.3 is 14.9 Å². The predicted octanol–water partition coefficient (Wildman–Crippen LogP) is 3.56. The summed E-state index contributed by atoms with van der Waals surface area (Å²) in [4.78, 5) is 27.6. The van der Waals surface area contributed by atoms with E-state index in [0.29, 0.717) is 49.6 Å². The lowest BCUT2D eigenvalue weighted by Gasteiger charge is -2.34. The van der Waals surface area contributed by atoms with Gasteiger partial charge in [0.2, 0.25) is 11.8 Å². The quantitative estimate of drug-likeness (QED) is 0.775. The average Bonchev–Trinajstić information content (AvgIpc) is 3.21. The summed E-state index contributed by atoms with van der Waals surface area (Å²) in [7, 11) is 0. The van der Waals surface area contributed by atoms with E-state index >= 15 is 0 Å². The van der Waals surface area contributed by atoms with Crippen LogP contribution in [0.5, 0.6) is 5.75 Å². The maximum atomic E-state index is 12.5. The van der Waals surface area contributed by atoms with E-state index in [9.17, 15) is 14.7 Å². The molecule has 1 N–H and O–H groups in total. The van der Waals surface area contributed by atoms with Gasteiger partial charge in [0.15, 0.2) is 0 Å². The van der Waals surface area contributed by atoms with E-state index in [1.807, 2.05) is 22.9 Å². The summed E-state index contributed by atoms with van der Waals surface area (Å²) in [5.74, 6) is 0.0226. The van der Waals surface area contributed by atoms with Crippen molar-refractivity contribution in [3.8, 4) is 16.9 Å². The van der Waals surface area contributed by atoms with E-state index in [4.69, 9.17) is 11.6 Å². The van der Waals surface area contributed by atoms with Crippen LogP contribution in [-0.4, -0.2) is 52.9 Å². The van der Waals surface area contributed by atoms with Crippen LogP contribution < -0.4 is 0 Å². The van der Waals surface area contributed by atoms with Gasteiger partial charge in [-0.25, -0.2) is 0 Å². The second-order valence-electron chi connectivity index (χ2n) is 6.38. The first-order chi connectivity index (χ1) is 13.0.